The second-order valence-corrected chi connectivity index (χ2v) is 5.12. The van der Waals surface area contributed by atoms with Crippen LogP contribution in [0, 0.1) is 0 Å². The van der Waals surface area contributed by atoms with Crippen LogP contribution in [0.2, 0.25) is 0 Å². The van der Waals surface area contributed by atoms with E-state index in [-0.39, 0.29) is 5.54 Å². The average molecular weight is 241 g/mol. The van der Waals surface area contributed by atoms with Gasteiger partial charge in [0.05, 0.1) is 6.54 Å². The maximum atomic E-state index is 5.01. The third-order valence-electron chi connectivity index (χ3n) is 2.35. The number of methoxy groups -OCH3 is 1. The lowest BCUT2D eigenvalue weighted by Crippen LogP contribution is -2.36. The van der Waals surface area contributed by atoms with Gasteiger partial charge in [0.15, 0.2) is 5.82 Å². The molecule has 1 aromatic heterocycles. The highest BCUT2D eigenvalue weighted by atomic mass is 16.5. The van der Waals surface area contributed by atoms with Gasteiger partial charge in [-0.05, 0) is 44.0 Å². The molecule has 1 aromatic rings. The van der Waals surface area contributed by atoms with Gasteiger partial charge in [-0.2, -0.15) is 0 Å². The van der Waals surface area contributed by atoms with Gasteiger partial charge in [0, 0.05) is 25.8 Å². The summed E-state index contributed by atoms with van der Waals surface area (Å²) in [6.07, 6.45) is 2.06. The molecule has 0 amide bonds. The fourth-order valence-corrected chi connectivity index (χ4v) is 1.38. The molecule has 0 spiro atoms. The minimum absolute atomic E-state index is 0.0762. The van der Waals surface area contributed by atoms with Gasteiger partial charge >= 0.3 is 0 Å². The maximum absolute atomic E-state index is 5.01. The van der Waals surface area contributed by atoms with Gasteiger partial charge in [0.2, 0.25) is 0 Å². The van der Waals surface area contributed by atoms with Crippen molar-refractivity contribution in [2.75, 3.05) is 13.7 Å². The molecule has 0 radical (unpaired) electrons. The maximum Gasteiger partial charge on any atom is 0.165 e. The molecule has 0 unspecified atom stereocenters. The van der Waals surface area contributed by atoms with Gasteiger partial charge in [-0.25, -0.2) is 4.68 Å². The smallest absolute Gasteiger partial charge is 0.165 e. The molecule has 1 rings (SSSR count). The zero-order valence-electron chi connectivity index (χ0n) is 11.2. The number of ether oxygens (including phenoxy) is 1. The molecule has 0 saturated carbocycles. The highest BCUT2D eigenvalue weighted by molar-refractivity contribution is 4.83. The Balaban J connectivity index is 2.37. The van der Waals surface area contributed by atoms with Crippen molar-refractivity contribution in [1.29, 1.82) is 0 Å². The molecule has 0 atom stereocenters. The second kappa shape index (κ2) is 6.66. The fourth-order valence-electron chi connectivity index (χ4n) is 1.38. The normalized spacial score (nSPS) is 12.0. The minimum atomic E-state index is 0.0762. The highest BCUT2D eigenvalue weighted by Gasteiger charge is 2.12. The van der Waals surface area contributed by atoms with Crippen molar-refractivity contribution in [3.8, 4) is 0 Å². The fraction of sp³-hybridized carbons (Fsp3) is 0.909. The van der Waals surface area contributed by atoms with Crippen LogP contribution in [0.25, 0.3) is 0 Å². The molecule has 0 bridgehead atoms. The SMILES string of the molecule is COCCCCn1nnnc1CNC(C)(C)C. The molecule has 1 N–H and O–H groups in total. The largest absolute Gasteiger partial charge is 0.385 e. The van der Waals surface area contributed by atoms with E-state index in [0.717, 1.165) is 31.8 Å². The van der Waals surface area contributed by atoms with E-state index in [4.69, 9.17) is 4.74 Å². The first kappa shape index (κ1) is 14.1. The Labute approximate surface area is 103 Å². The van der Waals surface area contributed by atoms with Crippen molar-refractivity contribution >= 4 is 0 Å². The van der Waals surface area contributed by atoms with E-state index in [1.165, 1.54) is 0 Å². The number of hydrogen-bond acceptors (Lipinski definition) is 5. The Morgan fingerprint density at radius 2 is 2.06 bits per heavy atom. The molecule has 0 aliphatic carbocycles. The number of nitrogens with zero attached hydrogens (tertiary/aromatic N) is 4. The molecule has 0 fully saturated rings. The van der Waals surface area contributed by atoms with E-state index in [2.05, 4.69) is 41.6 Å². The summed E-state index contributed by atoms with van der Waals surface area (Å²) >= 11 is 0. The molecular formula is C11H23N5O. The third kappa shape index (κ3) is 5.74. The van der Waals surface area contributed by atoms with Crippen molar-refractivity contribution in [3.63, 3.8) is 0 Å². The third-order valence-corrected chi connectivity index (χ3v) is 2.35. The molecular weight excluding hydrogens is 218 g/mol. The first-order valence-electron chi connectivity index (χ1n) is 6.02. The summed E-state index contributed by atoms with van der Waals surface area (Å²) in [7, 11) is 1.72. The number of tetrazole rings is 1. The summed E-state index contributed by atoms with van der Waals surface area (Å²) in [5.74, 6) is 0.886. The first-order valence-corrected chi connectivity index (χ1v) is 6.02. The van der Waals surface area contributed by atoms with Crippen molar-refractivity contribution in [2.24, 2.45) is 0 Å². The monoisotopic (exact) mass is 241 g/mol. The number of rotatable bonds is 7. The summed E-state index contributed by atoms with van der Waals surface area (Å²) in [6.45, 7) is 8.70. The van der Waals surface area contributed by atoms with Crippen LogP contribution >= 0.6 is 0 Å². The summed E-state index contributed by atoms with van der Waals surface area (Å²) < 4.78 is 6.87. The number of aryl methyl sites for hydroxylation is 1. The van der Waals surface area contributed by atoms with Crippen LogP contribution in [-0.2, 0) is 17.8 Å². The molecule has 17 heavy (non-hydrogen) atoms. The van der Waals surface area contributed by atoms with Gasteiger partial charge in [-0.1, -0.05) is 0 Å². The topological polar surface area (TPSA) is 64.9 Å². The van der Waals surface area contributed by atoms with Gasteiger partial charge in [-0.15, -0.1) is 5.10 Å². The van der Waals surface area contributed by atoms with E-state index >= 15 is 0 Å². The Hall–Kier alpha value is -1.01. The van der Waals surface area contributed by atoms with Gasteiger partial charge in [0.1, 0.15) is 0 Å². The summed E-state index contributed by atoms with van der Waals surface area (Å²) in [4.78, 5) is 0. The van der Waals surface area contributed by atoms with Gasteiger partial charge in [-0.3, -0.25) is 0 Å². The summed E-state index contributed by atoms with van der Waals surface area (Å²) in [5, 5.41) is 15.1. The lowest BCUT2D eigenvalue weighted by molar-refractivity contribution is 0.190. The van der Waals surface area contributed by atoms with Gasteiger partial charge in [0.25, 0.3) is 0 Å². The molecule has 0 saturated heterocycles. The lowest BCUT2D eigenvalue weighted by atomic mass is 10.1. The van der Waals surface area contributed by atoms with Crippen LogP contribution in [0.4, 0.5) is 0 Å². The van der Waals surface area contributed by atoms with Crippen LogP contribution in [0.5, 0.6) is 0 Å². The lowest BCUT2D eigenvalue weighted by Gasteiger charge is -2.19. The van der Waals surface area contributed by atoms with Crippen LogP contribution < -0.4 is 5.32 Å². The molecule has 1 heterocycles. The summed E-state index contributed by atoms with van der Waals surface area (Å²) in [5.41, 5.74) is 0.0762. The molecule has 98 valence electrons. The number of hydrogen-bond donors (Lipinski definition) is 1. The van der Waals surface area contributed by atoms with Crippen LogP contribution in [0.1, 0.15) is 39.4 Å². The van der Waals surface area contributed by atoms with E-state index in [1.807, 2.05) is 4.68 Å². The van der Waals surface area contributed by atoms with E-state index in [9.17, 15) is 0 Å². The Kier molecular flexibility index (Phi) is 5.50. The number of aromatic nitrogens is 4. The van der Waals surface area contributed by atoms with Crippen molar-refractivity contribution in [3.05, 3.63) is 5.82 Å². The number of nitrogens with one attached hydrogen (secondary N) is 1. The van der Waals surface area contributed by atoms with E-state index in [0.29, 0.717) is 6.54 Å². The van der Waals surface area contributed by atoms with E-state index in [1.54, 1.807) is 7.11 Å². The van der Waals surface area contributed by atoms with Crippen molar-refractivity contribution < 1.29 is 4.74 Å². The van der Waals surface area contributed by atoms with Crippen molar-refractivity contribution in [2.45, 2.75) is 52.2 Å². The highest BCUT2D eigenvalue weighted by Crippen LogP contribution is 2.02. The van der Waals surface area contributed by atoms with Crippen LogP contribution in [-0.4, -0.2) is 39.5 Å². The average Bonchev–Trinajstić information content (AvgIpc) is 2.68. The molecule has 0 aliphatic heterocycles. The quantitative estimate of drug-likeness (QED) is 0.721. The molecule has 0 aromatic carbocycles. The van der Waals surface area contributed by atoms with Crippen LogP contribution in [0.3, 0.4) is 0 Å². The molecule has 0 aliphatic rings. The molecule has 6 nitrogen and oxygen atoms in total. The predicted molar refractivity (Wildman–Crippen MR) is 65.5 cm³/mol. The minimum Gasteiger partial charge on any atom is -0.385 e. The first-order chi connectivity index (χ1) is 8.03. The van der Waals surface area contributed by atoms with Crippen LogP contribution in [0.15, 0.2) is 0 Å². The Morgan fingerprint density at radius 3 is 2.71 bits per heavy atom. The Morgan fingerprint density at radius 1 is 1.29 bits per heavy atom. The Bertz CT molecular complexity index is 318. The second-order valence-electron chi connectivity index (χ2n) is 5.12. The van der Waals surface area contributed by atoms with Gasteiger partial charge < -0.3 is 10.1 Å². The van der Waals surface area contributed by atoms with E-state index < -0.39 is 0 Å². The standard InChI is InChI=1S/C11H23N5O/c1-11(2,3)12-9-10-13-14-15-16(10)7-5-6-8-17-4/h12H,5-9H2,1-4H3. The number of unbranched alkanes of at least 4 members (excludes halogenated alkanes) is 1. The molecule has 6 heteroatoms. The van der Waals surface area contributed by atoms with Crippen molar-refractivity contribution in [1.82, 2.24) is 25.5 Å². The predicted octanol–water partition coefficient (Wildman–Crippen LogP) is 0.988. The zero-order chi connectivity index (χ0) is 12.7. The summed E-state index contributed by atoms with van der Waals surface area (Å²) in [6, 6.07) is 0. The zero-order valence-corrected chi connectivity index (χ0v) is 11.2.